The number of para-hydroxylation sites is 1. The van der Waals surface area contributed by atoms with Crippen LogP contribution in [0.4, 0.5) is 0 Å². The first-order valence-corrected chi connectivity index (χ1v) is 8.05. The summed E-state index contributed by atoms with van der Waals surface area (Å²) in [5.74, 6) is 0. The van der Waals surface area contributed by atoms with E-state index >= 15 is 0 Å². The Morgan fingerprint density at radius 2 is 2.19 bits per heavy atom. The molecule has 114 valence electrons. The molecule has 1 aliphatic rings. The lowest BCUT2D eigenvalue weighted by Crippen LogP contribution is -2.31. The van der Waals surface area contributed by atoms with E-state index in [2.05, 4.69) is 40.8 Å². The summed E-state index contributed by atoms with van der Waals surface area (Å²) in [4.78, 5) is 2.49. The van der Waals surface area contributed by atoms with Crippen molar-refractivity contribution >= 4 is 10.9 Å². The number of fused-ring (bicyclic) bond motifs is 1. The minimum absolute atomic E-state index is 0.222. The zero-order chi connectivity index (χ0) is 14.8. The number of hydrogen-bond acceptors (Lipinski definition) is 3. The molecule has 1 saturated heterocycles. The van der Waals surface area contributed by atoms with Crippen LogP contribution in [0.25, 0.3) is 10.9 Å². The van der Waals surface area contributed by atoms with Crippen LogP contribution in [0.3, 0.4) is 0 Å². The number of nitrogens with zero attached hydrogens (tertiary/aromatic N) is 3. The van der Waals surface area contributed by atoms with E-state index in [1.807, 2.05) is 6.92 Å². The Morgan fingerprint density at radius 1 is 1.38 bits per heavy atom. The Hall–Kier alpha value is -1.39. The fraction of sp³-hybridized carbons (Fsp3) is 0.588. The number of rotatable bonds is 5. The molecule has 2 unspecified atom stereocenters. The molecule has 0 radical (unpaired) electrons. The van der Waals surface area contributed by atoms with Gasteiger partial charge in [0.2, 0.25) is 0 Å². The van der Waals surface area contributed by atoms with Gasteiger partial charge in [0.25, 0.3) is 0 Å². The summed E-state index contributed by atoms with van der Waals surface area (Å²) in [6.45, 7) is 6.93. The largest absolute Gasteiger partial charge is 0.393 e. The maximum Gasteiger partial charge on any atom is 0.0843 e. The van der Waals surface area contributed by atoms with Gasteiger partial charge in [-0.15, -0.1) is 0 Å². The SMILES string of the molecule is CCn1nc(CN2CCCC2CC(C)O)c2ccccc21. The minimum atomic E-state index is -0.222. The summed E-state index contributed by atoms with van der Waals surface area (Å²) in [7, 11) is 0. The van der Waals surface area contributed by atoms with Crippen LogP contribution in [0.5, 0.6) is 0 Å². The van der Waals surface area contributed by atoms with Crippen LogP contribution in [0.2, 0.25) is 0 Å². The number of likely N-dealkylation sites (tertiary alicyclic amines) is 1. The molecule has 2 aromatic rings. The van der Waals surface area contributed by atoms with Crippen molar-refractivity contribution in [3.05, 3.63) is 30.0 Å². The molecule has 4 nitrogen and oxygen atoms in total. The van der Waals surface area contributed by atoms with Crippen molar-refractivity contribution in [2.75, 3.05) is 6.54 Å². The van der Waals surface area contributed by atoms with Crippen molar-refractivity contribution in [3.8, 4) is 0 Å². The molecule has 3 rings (SSSR count). The average molecular weight is 287 g/mol. The van der Waals surface area contributed by atoms with Gasteiger partial charge >= 0.3 is 0 Å². The molecule has 0 amide bonds. The second-order valence-corrected chi connectivity index (χ2v) is 6.13. The zero-order valence-corrected chi connectivity index (χ0v) is 13.0. The smallest absolute Gasteiger partial charge is 0.0843 e. The lowest BCUT2D eigenvalue weighted by Gasteiger charge is -2.24. The van der Waals surface area contributed by atoms with E-state index in [4.69, 9.17) is 5.10 Å². The minimum Gasteiger partial charge on any atom is -0.393 e. The fourth-order valence-electron chi connectivity index (χ4n) is 3.51. The highest BCUT2D eigenvalue weighted by molar-refractivity contribution is 5.81. The van der Waals surface area contributed by atoms with Crippen molar-refractivity contribution in [2.24, 2.45) is 0 Å². The van der Waals surface area contributed by atoms with Gasteiger partial charge in [0.15, 0.2) is 0 Å². The standard InChI is InChI=1S/C17H25N3O/c1-3-20-17-9-5-4-8-15(17)16(18-20)12-19-10-6-7-14(19)11-13(2)21/h4-5,8-9,13-14,21H,3,6-7,10-12H2,1-2H3. The Morgan fingerprint density at radius 3 is 2.95 bits per heavy atom. The van der Waals surface area contributed by atoms with E-state index < -0.39 is 0 Å². The van der Waals surface area contributed by atoms with Crippen LogP contribution in [0.15, 0.2) is 24.3 Å². The number of aliphatic hydroxyl groups excluding tert-OH is 1. The van der Waals surface area contributed by atoms with Gasteiger partial charge in [0.05, 0.1) is 17.3 Å². The third-order valence-corrected chi connectivity index (χ3v) is 4.50. The lowest BCUT2D eigenvalue weighted by molar-refractivity contribution is 0.130. The average Bonchev–Trinajstić information content (AvgIpc) is 3.04. The van der Waals surface area contributed by atoms with Crippen molar-refractivity contribution < 1.29 is 5.11 Å². The van der Waals surface area contributed by atoms with Gasteiger partial charge < -0.3 is 5.11 Å². The molecule has 0 saturated carbocycles. The predicted molar refractivity (Wildman–Crippen MR) is 85.1 cm³/mol. The summed E-state index contributed by atoms with van der Waals surface area (Å²) in [6, 6.07) is 8.98. The predicted octanol–water partition coefficient (Wildman–Crippen LogP) is 2.79. The van der Waals surface area contributed by atoms with Crippen molar-refractivity contribution in [1.29, 1.82) is 0 Å². The van der Waals surface area contributed by atoms with Gasteiger partial charge in [-0.05, 0) is 45.7 Å². The van der Waals surface area contributed by atoms with E-state index in [-0.39, 0.29) is 6.10 Å². The highest BCUT2D eigenvalue weighted by Gasteiger charge is 2.26. The Kier molecular flexibility index (Phi) is 4.27. The van der Waals surface area contributed by atoms with Crippen LogP contribution in [-0.2, 0) is 13.1 Å². The fourth-order valence-corrected chi connectivity index (χ4v) is 3.51. The van der Waals surface area contributed by atoms with Gasteiger partial charge in [-0.1, -0.05) is 18.2 Å². The number of aryl methyl sites for hydroxylation is 1. The maximum absolute atomic E-state index is 9.66. The van der Waals surface area contributed by atoms with E-state index in [1.165, 1.54) is 29.4 Å². The molecular weight excluding hydrogens is 262 g/mol. The molecule has 4 heteroatoms. The molecule has 0 bridgehead atoms. The summed E-state index contributed by atoms with van der Waals surface area (Å²) >= 11 is 0. The molecule has 0 aliphatic carbocycles. The molecule has 1 fully saturated rings. The van der Waals surface area contributed by atoms with Gasteiger partial charge in [0.1, 0.15) is 0 Å². The van der Waals surface area contributed by atoms with Gasteiger partial charge in [-0.25, -0.2) is 0 Å². The van der Waals surface area contributed by atoms with Crippen LogP contribution in [-0.4, -0.2) is 38.5 Å². The van der Waals surface area contributed by atoms with E-state index in [0.717, 1.165) is 26.1 Å². The van der Waals surface area contributed by atoms with Crippen LogP contribution >= 0.6 is 0 Å². The molecular formula is C17H25N3O. The maximum atomic E-state index is 9.66. The summed E-state index contributed by atoms with van der Waals surface area (Å²) < 4.78 is 2.09. The molecule has 2 atom stereocenters. The Balaban J connectivity index is 1.84. The lowest BCUT2D eigenvalue weighted by atomic mass is 10.1. The molecule has 2 heterocycles. The van der Waals surface area contributed by atoms with Crippen molar-refractivity contribution in [2.45, 2.75) is 58.3 Å². The van der Waals surface area contributed by atoms with Gasteiger partial charge in [-0.3, -0.25) is 9.58 Å². The monoisotopic (exact) mass is 287 g/mol. The second kappa shape index (κ2) is 6.16. The molecule has 1 N–H and O–H groups in total. The van der Waals surface area contributed by atoms with E-state index in [0.29, 0.717) is 6.04 Å². The van der Waals surface area contributed by atoms with Crippen LogP contribution in [0, 0.1) is 0 Å². The van der Waals surface area contributed by atoms with Crippen LogP contribution < -0.4 is 0 Å². The normalized spacial score (nSPS) is 21.2. The van der Waals surface area contributed by atoms with Gasteiger partial charge in [0, 0.05) is 24.5 Å². The third kappa shape index (κ3) is 2.97. The quantitative estimate of drug-likeness (QED) is 0.919. The first-order chi connectivity index (χ1) is 10.2. The third-order valence-electron chi connectivity index (χ3n) is 4.50. The zero-order valence-electron chi connectivity index (χ0n) is 13.0. The topological polar surface area (TPSA) is 41.3 Å². The second-order valence-electron chi connectivity index (χ2n) is 6.13. The summed E-state index contributed by atoms with van der Waals surface area (Å²) in [6.07, 6.45) is 3.06. The van der Waals surface area contributed by atoms with E-state index in [9.17, 15) is 5.11 Å². The Labute approximate surface area is 126 Å². The number of aliphatic hydroxyl groups is 1. The number of benzene rings is 1. The van der Waals surface area contributed by atoms with Crippen molar-refractivity contribution in [1.82, 2.24) is 14.7 Å². The molecule has 0 spiro atoms. The summed E-state index contributed by atoms with van der Waals surface area (Å²) in [5.41, 5.74) is 2.39. The van der Waals surface area contributed by atoms with Crippen LogP contribution in [0.1, 0.15) is 38.8 Å². The van der Waals surface area contributed by atoms with Crippen molar-refractivity contribution in [3.63, 3.8) is 0 Å². The molecule has 1 aliphatic heterocycles. The molecule has 1 aromatic heterocycles. The highest BCUT2D eigenvalue weighted by atomic mass is 16.3. The van der Waals surface area contributed by atoms with E-state index in [1.54, 1.807) is 0 Å². The molecule has 1 aromatic carbocycles. The van der Waals surface area contributed by atoms with Gasteiger partial charge in [-0.2, -0.15) is 5.10 Å². The number of aromatic nitrogens is 2. The first kappa shape index (κ1) is 14.5. The Bertz CT molecular complexity index is 605. The first-order valence-electron chi connectivity index (χ1n) is 8.05. The highest BCUT2D eigenvalue weighted by Crippen LogP contribution is 2.26. The number of hydrogen-bond donors (Lipinski definition) is 1. The summed E-state index contributed by atoms with van der Waals surface area (Å²) in [5, 5.41) is 15.7. The molecule has 21 heavy (non-hydrogen) atoms.